The Morgan fingerprint density at radius 2 is 2.25 bits per heavy atom. The molecule has 0 radical (unpaired) electrons. The Hall–Kier alpha value is -0.820. The molecule has 4 nitrogen and oxygen atoms in total. The Morgan fingerprint density at radius 3 is 2.69 bits per heavy atom. The molecule has 0 amide bonds. The van der Waals surface area contributed by atoms with Crippen LogP contribution < -0.4 is 0 Å². The summed E-state index contributed by atoms with van der Waals surface area (Å²) in [6, 6.07) is 0. The first-order valence-corrected chi connectivity index (χ1v) is 4.86. The van der Waals surface area contributed by atoms with E-state index in [0.717, 1.165) is 6.42 Å². The first-order chi connectivity index (χ1) is 7.41. The minimum atomic E-state index is -4.77. The highest BCUT2D eigenvalue weighted by Gasteiger charge is 2.45. The maximum Gasteiger partial charge on any atom is 0.404 e. The summed E-state index contributed by atoms with van der Waals surface area (Å²) in [5.74, 6) is -4.28. The Labute approximate surface area is 90.3 Å². The van der Waals surface area contributed by atoms with E-state index in [1.807, 2.05) is 0 Å². The van der Waals surface area contributed by atoms with Crippen molar-refractivity contribution in [3.8, 4) is 0 Å². The lowest BCUT2D eigenvalue weighted by Gasteiger charge is -2.17. The van der Waals surface area contributed by atoms with Crippen molar-refractivity contribution in [3.05, 3.63) is 0 Å². The van der Waals surface area contributed by atoms with Gasteiger partial charge in [-0.25, -0.2) is 0 Å². The molecule has 1 fully saturated rings. The number of rotatable bonds is 5. The molecule has 2 atom stereocenters. The van der Waals surface area contributed by atoms with E-state index < -0.39 is 24.7 Å². The van der Waals surface area contributed by atoms with Crippen LogP contribution in [0.1, 0.15) is 6.42 Å². The van der Waals surface area contributed by atoms with Crippen molar-refractivity contribution >= 4 is 5.97 Å². The van der Waals surface area contributed by atoms with Crippen molar-refractivity contribution in [2.45, 2.75) is 12.6 Å². The van der Waals surface area contributed by atoms with Gasteiger partial charge in [-0.3, -0.25) is 4.79 Å². The third-order valence-corrected chi connectivity index (χ3v) is 2.36. The van der Waals surface area contributed by atoms with Gasteiger partial charge in [0.2, 0.25) is 0 Å². The number of ether oxygens (including phenoxy) is 2. The van der Waals surface area contributed by atoms with E-state index in [4.69, 9.17) is 14.6 Å². The topological polar surface area (TPSA) is 55.8 Å². The van der Waals surface area contributed by atoms with Gasteiger partial charge in [-0.1, -0.05) is 0 Å². The van der Waals surface area contributed by atoms with Crippen LogP contribution in [-0.2, 0) is 14.3 Å². The van der Waals surface area contributed by atoms with Crippen LogP contribution in [0.3, 0.4) is 0 Å². The summed E-state index contributed by atoms with van der Waals surface area (Å²) < 4.78 is 46.4. The second-order valence-corrected chi connectivity index (χ2v) is 3.70. The van der Waals surface area contributed by atoms with E-state index in [-0.39, 0.29) is 12.5 Å². The van der Waals surface area contributed by atoms with Gasteiger partial charge in [0.15, 0.2) is 5.92 Å². The van der Waals surface area contributed by atoms with Gasteiger partial charge in [0.25, 0.3) is 0 Å². The van der Waals surface area contributed by atoms with Crippen LogP contribution in [0.15, 0.2) is 0 Å². The molecule has 2 unspecified atom stereocenters. The fourth-order valence-electron chi connectivity index (χ4n) is 1.37. The SMILES string of the molecule is O=C(O)C(COCC1CCOC1)C(F)(F)F. The number of halogens is 3. The van der Waals surface area contributed by atoms with Crippen LogP contribution in [0, 0.1) is 11.8 Å². The van der Waals surface area contributed by atoms with Crippen LogP contribution in [0.2, 0.25) is 0 Å². The molecular formula is C9H13F3O4. The first-order valence-electron chi connectivity index (χ1n) is 4.86. The molecule has 0 aromatic rings. The molecule has 1 N–H and O–H groups in total. The molecule has 1 saturated heterocycles. The second-order valence-electron chi connectivity index (χ2n) is 3.70. The predicted octanol–water partition coefficient (Wildman–Crippen LogP) is 1.30. The molecule has 1 rings (SSSR count). The van der Waals surface area contributed by atoms with Gasteiger partial charge in [0.1, 0.15) is 0 Å². The van der Waals surface area contributed by atoms with E-state index in [9.17, 15) is 18.0 Å². The minimum absolute atomic E-state index is 0.0719. The molecule has 0 spiro atoms. The van der Waals surface area contributed by atoms with Gasteiger partial charge in [-0.15, -0.1) is 0 Å². The summed E-state index contributed by atoms with van der Waals surface area (Å²) in [5, 5.41) is 8.38. The number of carboxylic acid groups (broad SMARTS) is 1. The lowest BCUT2D eigenvalue weighted by atomic mass is 10.1. The second kappa shape index (κ2) is 5.49. The molecule has 7 heteroatoms. The van der Waals surface area contributed by atoms with E-state index in [2.05, 4.69) is 0 Å². The van der Waals surface area contributed by atoms with Crippen LogP contribution in [0.25, 0.3) is 0 Å². The molecular weight excluding hydrogens is 229 g/mol. The van der Waals surface area contributed by atoms with Gasteiger partial charge < -0.3 is 14.6 Å². The summed E-state index contributed by atoms with van der Waals surface area (Å²) in [5.41, 5.74) is 0. The number of hydrogen-bond donors (Lipinski definition) is 1. The summed E-state index contributed by atoms with van der Waals surface area (Å²) in [6.07, 6.45) is -4.03. The molecule has 94 valence electrons. The van der Waals surface area contributed by atoms with E-state index in [0.29, 0.717) is 13.2 Å². The van der Waals surface area contributed by atoms with Gasteiger partial charge in [-0.05, 0) is 6.42 Å². The van der Waals surface area contributed by atoms with Crippen molar-refractivity contribution in [1.29, 1.82) is 0 Å². The molecule has 0 bridgehead atoms. The average Bonchev–Trinajstić information content (AvgIpc) is 2.61. The van der Waals surface area contributed by atoms with Crippen molar-refractivity contribution in [2.24, 2.45) is 11.8 Å². The van der Waals surface area contributed by atoms with Gasteiger partial charge >= 0.3 is 12.1 Å². The van der Waals surface area contributed by atoms with Crippen molar-refractivity contribution in [2.75, 3.05) is 26.4 Å². The lowest BCUT2D eigenvalue weighted by molar-refractivity contribution is -0.203. The first kappa shape index (κ1) is 13.2. The summed E-state index contributed by atoms with van der Waals surface area (Å²) in [4.78, 5) is 10.3. The smallest absolute Gasteiger partial charge is 0.404 e. The van der Waals surface area contributed by atoms with E-state index >= 15 is 0 Å². The summed E-state index contributed by atoms with van der Waals surface area (Å²) in [7, 11) is 0. The molecule has 0 aliphatic carbocycles. The maximum absolute atomic E-state index is 12.2. The molecule has 0 aromatic carbocycles. The lowest BCUT2D eigenvalue weighted by Crippen LogP contribution is -2.35. The number of carboxylic acids is 1. The largest absolute Gasteiger partial charge is 0.481 e. The van der Waals surface area contributed by atoms with Crippen LogP contribution in [-0.4, -0.2) is 43.7 Å². The monoisotopic (exact) mass is 242 g/mol. The summed E-state index contributed by atoms with van der Waals surface area (Å²) in [6.45, 7) is 0.314. The number of alkyl halides is 3. The fourth-order valence-corrected chi connectivity index (χ4v) is 1.37. The predicted molar refractivity (Wildman–Crippen MR) is 46.9 cm³/mol. The molecule has 0 aromatic heterocycles. The number of aliphatic carboxylic acids is 1. The number of carbonyl (C=O) groups is 1. The normalized spacial score (nSPS) is 23.3. The zero-order valence-electron chi connectivity index (χ0n) is 8.50. The molecule has 1 aliphatic heterocycles. The van der Waals surface area contributed by atoms with E-state index in [1.165, 1.54) is 0 Å². The van der Waals surface area contributed by atoms with Crippen molar-refractivity contribution in [3.63, 3.8) is 0 Å². The van der Waals surface area contributed by atoms with Crippen molar-refractivity contribution < 1.29 is 32.5 Å². The molecule has 1 heterocycles. The maximum atomic E-state index is 12.2. The molecule has 1 aliphatic rings. The highest BCUT2D eigenvalue weighted by atomic mass is 19.4. The quantitative estimate of drug-likeness (QED) is 0.789. The van der Waals surface area contributed by atoms with Crippen LogP contribution in [0.5, 0.6) is 0 Å². The average molecular weight is 242 g/mol. The summed E-state index contributed by atoms with van der Waals surface area (Å²) >= 11 is 0. The Kier molecular flexibility index (Phi) is 4.55. The zero-order valence-corrected chi connectivity index (χ0v) is 8.50. The molecule has 16 heavy (non-hydrogen) atoms. The van der Waals surface area contributed by atoms with Crippen LogP contribution >= 0.6 is 0 Å². The highest BCUT2D eigenvalue weighted by molar-refractivity contribution is 5.71. The van der Waals surface area contributed by atoms with Crippen molar-refractivity contribution in [1.82, 2.24) is 0 Å². The Bertz CT molecular complexity index is 235. The highest BCUT2D eigenvalue weighted by Crippen LogP contribution is 2.27. The zero-order chi connectivity index (χ0) is 12.2. The fraction of sp³-hybridized carbons (Fsp3) is 0.889. The van der Waals surface area contributed by atoms with Gasteiger partial charge in [0, 0.05) is 12.5 Å². The number of hydrogen-bond acceptors (Lipinski definition) is 3. The van der Waals surface area contributed by atoms with Crippen LogP contribution in [0.4, 0.5) is 13.2 Å². The third kappa shape index (κ3) is 3.97. The standard InChI is InChI=1S/C9H13F3O4/c10-9(11,12)7(8(13)14)5-16-4-6-1-2-15-3-6/h6-7H,1-5H2,(H,13,14). The van der Waals surface area contributed by atoms with E-state index in [1.54, 1.807) is 0 Å². The third-order valence-electron chi connectivity index (χ3n) is 2.36. The Balaban J connectivity index is 2.30. The minimum Gasteiger partial charge on any atom is -0.481 e. The van der Waals surface area contributed by atoms with Gasteiger partial charge in [0.05, 0.1) is 19.8 Å². The molecule has 0 saturated carbocycles. The Morgan fingerprint density at radius 1 is 1.56 bits per heavy atom. The van der Waals surface area contributed by atoms with Gasteiger partial charge in [-0.2, -0.15) is 13.2 Å².